The molecule has 0 aliphatic carbocycles. The summed E-state index contributed by atoms with van der Waals surface area (Å²) in [7, 11) is -3.61. The van der Waals surface area contributed by atoms with Crippen molar-refractivity contribution in [3.05, 3.63) is 32.6 Å². The van der Waals surface area contributed by atoms with Crippen LogP contribution in [0.25, 0.3) is 0 Å². The molecule has 0 spiro atoms. The van der Waals surface area contributed by atoms with Crippen LogP contribution in [0.5, 0.6) is 0 Å². The topological polar surface area (TPSA) is 107 Å². The van der Waals surface area contributed by atoms with E-state index in [4.69, 9.17) is 8.92 Å². The lowest BCUT2D eigenvalue weighted by molar-refractivity contribution is -0.00202. The SMILES string of the molecule is Cc1cn([C@H]2C[C@H](OS(C)(=O)=O)[C@@H](CI)O2)c(=O)[nH]c1=O. The maximum Gasteiger partial charge on any atom is 0.330 e. The molecule has 1 aromatic rings. The fourth-order valence-corrected chi connectivity index (χ4v) is 3.56. The van der Waals surface area contributed by atoms with Crippen LogP contribution >= 0.6 is 22.6 Å². The summed E-state index contributed by atoms with van der Waals surface area (Å²) in [6.07, 6.45) is 0.830. The predicted octanol–water partition coefficient (Wildman–Crippen LogP) is -0.0877. The standard InChI is InChI=1S/C11H15IN2O6S/c1-6-5-14(11(16)13-10(6)15)9-3-7(8(4-12)19-9)20-21(2,17)18/h5,7-9H,3-4H2,1-2H3,(H,13,15,16)/t7-,8+,9+/m0/s1. The van der Waals surface area contributed by atoms with Crippen molar-refractivity contribution in [3.8, 4) is 0 Å². The molecule has 2 heterocycles. The molecule has 0 saturated carbocycles. The van der Waals surface area contributed by atoms with Gasteiger partial charge in [0.05, 0.1) is 12.4 Å². The summed E-state index contributed by atoms with van der Waals surface area (Å²) >= 11 is 2.06. The van der Waals surface area contributed by atoms with E-state index in [1.54, 1.807) is 6.92 Å². The fraction of sp³-hybridized carbons (Fsp3) is 0.636. The first kappa shape index (κ1) is 16.6. The molecule has 1 N–H and O–H groups in total. The molecule has 0 bridgehead atoms. The number of aromatic amines is 1. The molecule has 21 heavy (non-hydrogen) atoms. The summed E-state index contributed by atoms with van der Waals surface area (Å²) in [6, 6.07) is 0. The molecule has 0 radical (unpaired) electrons. The van der Waals surface area contributed by atoms with Gasteiger partial charge in [0.15, 0.2) is 0 Å². The number of alkyl halides is 1. The fourth-order valence-electron chi connectivity index (χ4n) is 2.14. The quantitative estimate of drug-likeness (QED) is 0.407. The van der Waals surface area contributed by atoms with E-state index in [9.17, 15) is 18.0 Å². The van der Waals surface area contributed by atoms with Gasteiger partial charge in [0, 0.05) is 22.6 Å². The molecule has 1 aliphatic heterocycles. The molecule has 1 aliphatic rings. The van der Waals surface area contributed by atoms with Gasteiger partial charge in [-0.05, 0) is 6.92 Å². The molecule has 0 aromatic carbocycles. The van der Waals surface area contributed by atoms with E-state index in [1.165, 1.54) is 10.8 Å². The van der Waals surface area contributed by atoms with Gasteiger partial charge in [-0.1, -0.05) is 22.6 Å². The number of hydrogen-bond donors (Lipinski definition) is 1. The number of hydrogen-bond acceptors (Lipinski definition) is 6. The first-order valence-electron chi connectivity index (χ1n) is 6.13. The molecule has 1 aromatic heterocycles. The second kappa shape index (κ2) is 6.18. The number of nitrogens with one attached hydrogen (secondary N) is 1. The van der Waals surface area contributed by atoms with Gasteiger partial charge < -0.3 is 4.74 Å². The smallest absolute Gasteiger partial charge is 0.330 e. The molecule has 2 rings (SSSR count). The van der Waals surface area contributed by atoms with Gasteiger partial charge in [-0.25, -0.2) is 4.79 Å². The average Bonchev–Trinajstić information content (AvgIpc) is 2.74. The van der Waals surface area contributed by atoms with E-state index in [0.29, 0.717) is 9.99 Å². The molecule has 3 atom stereocenters. The van der Waals surface area contributed by atoms with E-state index in [1.807, 2.05) is 0 Å². The highest BCUT2D eigenvalue weighted by molar-refractivity contribution is 14.1. The molecule has 0 amide bonds. The summed E-state index contributed by atoms with van der Waals surface area (Å²) in [6.45, 7) is 1.57. The summed E-state index contributed by atoms with van der Waals surface area (Å²) in [5, 5.41) is 0. The van der Waals surface area contributed by atoms with E-state index >= 15 is 0 Å². The van der Waals surface area contributed by atoms with Gasteiger partial charge in [-0.15, -0.1) is 0 Å². The number of aromatic nitrogens is 2. The lowest BCUT2D eigenvalue weighted by atomic mass is 10.2. The Hall–Kier alpha value is -0.720. The van der Waals surface area contributed by atoms with Crippen LogP contribution in [0.2, 0.25) is 0 Å². The zero-order chi connectivity index (χ0) is 15.8. The number of H-pyrrole nitrogens is 1. The Morgan fingerprint density at radius 1 is 1.52 bits per heavy atom. The van der Waals surface area contributed by atoms with Crippen LogP contribution in [0.3, 0.4) is 0 Å². The third-order valence-electron chi connectivity index (χ3n) is 3.09. The van der Waals surface area contributed by atoms with Crippen LogP contribution in [0, 0.1) is 6.92 Å². The predicted molar refractivity (Wildman–Crippen MR) is 83.2 cm³/mol. The minimum Gasteiger partial charge on any atom is -0.351 e. The number of ether oxygens (including phenoxy) is 1. The normalized spacial score (nSPS) is 26.1. The van der Waals surface area contributed by atoms with Crippen LogP contribution in [-0.2, 0) is 19.0 Å². The Bertz CT molecular complexity index is 740. The number of nitrogens with zero attached hydrogens (tertiary/aromatic N) is 1. The lowest BCUT2D eigenvalue weighted by Crippen LogP contribution is -2.33. The summed E-state index contributed by atoms with van der Waals surface area (Å²) < 4.78 is 35.0. The first-order chi connectivity index (χ1) is 9.71. The minimum absolute atomic E-state index is 0.214. The highest BCUT2D eigenvalue weighted by Crippen LogP contribution is 2.31. The monoisotopic (exact) mass is 430 g/mol. The largest absolute Gasteiger partial charge is 0.351 e. The maximum atomic E-state index is 11.8. The van der Waals surface area contributed by atoms with E-state index in [-0.39, 0.29) is 6.42 Å². The second-order valence-electron chi connectivity index (χ2n) is 4.84. The number of rotatable bonds is 4. The molecule has 10 heteroatoms. The molecule has 0 unspecified atom stereocenters. The van der Waals surface area contributed by atoms with Crippen LogP contribution in [-0.4, -0.2) is 40.9 Å². The van der Waals surface area contributed by atoms with Crippen LogP contribution < -0.4 is 11.2 Å². The van der Waals surface area contributed by atoms with Crippen molar-refractivity contribution < 1.29 is 17.3 Å². The van der Waals surface area contributed by atoms with Crippen LogP contribution in [0.4, 0.5) is 0 Å². The van der Waals surface area contributed by atoms with Crippen molar-refractivity contribution in [1.82, 2.24) is 9.55 Å². The molecular formula is C11H15IN2O6S. The first-order valence-corrected chi connectivity index (χ1v) is 9.47. The van der Waals surface area contributed by atoms with Gasteiger partial charge in [0.25, 0.3) is 15.7 Å². The van der Waals surface area contributed by atoms with Gasteiger partial charge in [0.2, 0.25) is 0 Å². The summed E-state index contributed by atoms with van der Waals surface area (Å²) in [5.74, 6) is 0. The van der Waals surface area contributed by atoms with E-state index in [2.05, 4.69) is 27.6 Å². The van der Waals surface area contributed by atoms with Crippen molar-refractivity contribution in [3.63, 3.8) is 0 Å². The highest BCUT2D eigenvalue weighted by Gasteiger charge is 2.38. The van der Waals surface area contributed by atoms with Crippen LogP contribution in [0.1, 0.15) is 18.2 Å². The molecule has 8 nitrogen and oxygen atoms in total. The Morgan fingerprint density at radius 2 is 2.19 bits per heavy atom. The lowest BCUT2D eigenvalue weighted by Gasteiger charge is -2.15. The Kier molecular flexibility index (Phi) is 4.90. The number of aryl methyl sites for hydroxylation is 1. The molecule has 1 saturated heterocycles. The van der Waals surface area contributed by atoms with Gasteiger partial charge >= 0.3 is 5.69 Å². The van der Waals surface area contributed by atoms with Crippen molar-refractivity contribution in [2.45, 2.75) is 31.8 Å². The van der Waals surface area contributed by atoms with Crippen molar-refractivity contribution in [2.24, 2.45) is 0 Å². The van der Waals surface area contributed by atoms with Crippen molar-refractivity contribution in [2.75, 3.05) is 10.7 Å². The second-order valence-corrected chi connectivity index (χ2v) is 7.32. The average molecular weight is 430 g/mol. The zero-order valence-electron chi connectivity index (χ0n) is 11.4. The third kappa shape index (κ3) is 3.93. The molecule has 118 valence electrons. The highest BCUT2D eigenvalue weighted by atomic mass is 127. The van der Waals surface area contributed by atoms with Crippen molar-refractivity contribution in [1.29, 1.82) is 0 Å². The van der Waals surface area contributed by atoms with E-state index in [0.717, 1.165) is 6.26 Å². The maximum absolute atomic E-state index is 11.8. The Morgan fingerprint density at radius 3 is 2.76 bits per heavy atom. The van der Waals surface area contributed by atoms with Gasteiger partial charge in [-0.2, -0.15) is 8.42 Å². The minimum atomic E-state index is -3.61. The number of halogens is 1. The van der Waals surface area contributed by atoms with Gasteiger partial charge in [-0.3, -0.25) is 18.5 Å². The summed E-state index contributed by atoms with van der Waals surface area (Å²) in [4.78, 5) is 25.4. The Balaban J connectivity index is 2.29. The zero-order valence-corrected chi connectivity index (χ0v) is 14.4. The molecule has 1 fully saturated rings. The van der Waals surface area contributed by atoms with Crippen molar-refractivity contribution >= 4 is 32.7 Å². The van der Waals surface area contributed by atoms with Gasteiger partial charge in [0.1, 0.15) is 12.3 Å². The molecular weight excluding hydrogens is 415 g/mol. The van der Waals surface area contributed by atoms with Crippen LogP contribution in [0.15, 0.2) is 15.8 Å². The summed E-state index contributed by atoms with van der Waals surface area (Å²) in [5.41, 5.74) is -0.678. The Labute approximate surface area is 134 Å². The van der Waals surface area contributed by atoms with E-state index < -0.39 is 39.8 Å². The third-order valence-corrected chi connectivity index (χ3v) is 4.55.